The van der Waals surface area contributed by atoms with Crippen molar-refractivity contribution in [2.24, 2.45) is 0 Å². The minimum Gasteiger partial charge on any atom is -0.457 e. The Bertz CT molecular complexity index is 975. The fraction of sp³-hybridized carbons (Fsp3) is 0.0476. The number of hydrogen-bond donors (Lipinski definition) is 1. The molecule has 0 bridgehead atoms. The highest BCUT2D eigenvalue weighted by molar-refractivity contribution is 5.95. The average Bonchev–Trinajstić information content (AvgIpc) is 2.70. The van der Waals surface area contributed by atoms with Crippen LogP contribution in [0, 0.1) is 11.6 Å². The fourth-order valence-electron chi connectivity index (χ4n) is 2.28. The Morgan fingerprint density at radius 2 is 1.54 bits per heavy atom. The zero-order chi connectivity index (χ0) is 19.9. The molecule has 0 spiro atoms. The largest absolute Gasteiger partial charge is 0.457 e. The molecular formula is C21H15F2NO4. The van der Waals surface area contributed by atoms with E-state index in [4.69, 9.17) is 9.47 Å². The van der Waals surface area contributed by atoms with Crippen LogP contribution in [0.5, 0.6) is 11.5 Å². The third-order valence-corrected chi connectivity index (χ3v) is 3.61. The molecule has 3 aromatic carbocycles. The number of halogens is 2. The van der Waals surface area contributed by atoms with Gasteiger partial charge in [0.2, 0.25) is 0 Å². The standard InChI is InChI=1S/C21H15F2NO4/c22-15-8-11-18(23)19(12-15)24-20(25)13-27-21(26)14-6-9-17(10-7-14)28-16-4-2-1-3-5-16/h1-12H,13H2,(H,24,25). The first-order chi connectivity index (χ1) is 13.5. The van der Waals surface area contributed by atoms with Crippen molar-refractivity contribution in [3.05, 3.63) is 90.0 Å². The van der Waals surface area contributed by atoms with Gasteiger partial charge in [-0.05, 0) is 48.5 Å². The number of carbonyl (C=O) groups excluding carboxylic acids is 2. The van der Waals surface area contributed by atoms with Gasteiger partial charge in [-0.25, -0.2) is 13.6 Å². The van der Waals surface area contributed by atoms with Gasteiger partial charge in [-0.3, -0.25) is 4.79 Å². The second-order valence-corrected chi connectivity index (χ2v) is 5.69. The predicted molar refractivity (Wildman–Crippen MR) is 98.2 cm³/mol. The lowest BCUT2D eigenvalue weighted by Gasteiger charge is -2.08. The number of nitrogens with one attached hydrogen (secondary N) is 1. The first-order valence-electron chi connectivity index (χ1n) is 8.26. The van der Waals surface area contributed by atoms with Gasteiger partial charge in [-0.15, -0.1) is 0 Å². The number of benzene rings is 3. The normalized spacial score (nSPS) is 10.2. The van der Waals surface area contributed by atoms with E-state index in [1.165, 1.54) is 12.1 Å². The quantitative estimate of drug-likeness (QED) is 0.634. The Labute approximate surface area is 159 Å². The molecule has 0 aromatic heterocycles. The molecule has 0 aliphatic heterocycles. The van der Waals surface area contributed by atoms with Gasteiger partial charge in [0.05, 0.1) is 11.3 Å². The van der Waals surface area contributed by atoms with E-state index < -0.39 is 30.1 Å². The molecule has 0 heterocycles. The van der Waals surface area contributed by atoms with Crippen LogP contribution >= 0.6 is 0 Å². The highest BCUT2D eigenvalue weighted by atomic mass is 19.1. The third kappa shape index (κ3) is 5.14. The molecule has 0 fully saturated rings. The highest BCUT2D eigenvalue weighted by Crippen LogP contribution is 2.21. The lowest BCUT2D eigenvalue weighted by Crippen LogP contribution is -2.21. The molecule has 142 valence electrons. The molecule has 5 nitrogen and oxygen atoms in total. The first kappa shape index (κ1) is 19.0. The summed E-state index contributed by atoms with van der Waals surface area (Å²) in [6, 6.07) is 17.9. The molecule has 0 aliphatic rings. The molecule has 7 heteroatoms. The SMILES string of the molecule is O=C(COC(=O)c1ccc(Oc2ccccc2)cc1)Nc1cc(F)ccc1F. The molecule has 0 radical (unpaired) electrons. The van der Waals surface area contributed by atoms with Crippen molar-refractivity contribution in [2.75, 3.05) is 11.9 Å². The molecule has 28 heavy (non-hydrogen) atoms. The van der Waals surface area contributed by atoms with Crippen LogP contribution in [0.2, 0.25) is 0 Å². The van der Waals surface area contributed by atoms with E-state index >= 15 is 0 Å². The number of amides is 1. The lowest BCUT2D eigenvalue weighted by atomic mass is 10.2. The second kappa shape index (κ2) is 8.77. The van der Waals surface area contributed by atoms with Crippen LogP contribution in [0.3, 0.4) is 0 Å². The molecule has 3 aromatic rings. The highest BCUT2D eigenvalue weighted by Gasteiger charge is 2.13. The van der Waals surface area contributed by atoms with Crippen LogP contribution in [0.15, 0.2) is 72.8 Å². The van der Waals surface area contributed by atoms with Gasteiger partial charge >= 0.3 is 5.97 Å². The van der Waals surface area contributed by atoms with Gasteiger partial charge in [-0.1, -0.05) is 18.2 Å². The Morgan fingerprint density at radius 3 is 2.25 bits per heavy atom. The van der Waals surface area contributed by atoms with Gasteiger partial charge < -0.3 is 14.8 Å². The van der Waals surface area contributed by atoms with Crippen molar-refractivity contribution in [1.29, 1.82) is 0 Å². The maximum Gasteiger partial charge on any atom is 0.338 e. The number of para-hydroxylation sites is 1. The van der Waals surface area contributed by atoms with Crippen molar-refractivity contribution >= 4 is 17.6 Å². The van der Waals surface area contributed by atoms with Crippen molar-refractivity contribution < 1.29 is 27.8 Å². The van der Waals surface area contributed by atoms with Crippen molar-refractivity contribution in [3.63, 3.8) is 0 Å². The summed E-state index contributed by atoms with van der Waals surface area (Å²) < 4.78 is 37.1. The molecule has 1 amide bonds. The number of carbonyl (C=O) groups is 2. The minimum absolute atomic E-state index is 0.213. The number of rotatable bonds is 6. The topological polar surface area (TPSA) is 64.6 Å². The fourth-order valence-corrected chi connectivity index (χ4v) is 2.28. The summed E-state index contributed by atoms with van der Waals surface area (Å²) in [6.07, 6.45) is 0. The average molecular weight is 383 g/mol. The summed E-state index contributed by atoms with van der Waals surface area (Å²) in [7, 11) is 0. The summed E-state index contributed by atoms with van der Waals surface area (Å²) in [4.78, 5) is 23.8. The van der Waals surface area contributed by atoms with E-state index in [0.29, 0.717) is 11.5 Å². The van der Waals surface area contributed by atoms with Crippen LogP contribution in [0.1, 0.15) is 10.4 Å². The van der Waals surface area contributed by atoms with Crippen molar-refractivity contribution in [2.45, 2.75) is 0 Å². The number of anilines is 1. The molecule has 0 unspecified atom stereocenters. The number of hydrogen-bond acceptors (Lipinski definition) is 4. The number of ether oxygens (including phenoxy) is 2. The summed E-state index contributed by atoms with van der Waals surface area (Å²) in [5.41, 5.74) is -0.117. The van der Waals surface area contributed by atoms with Gasteiger partial charge in [0.25, 0.3) is 5.91 Å². The van der Waals surface area contributed by atoms with Crippen LogP contribution < -0.4 is 10.1 Å². The van der Waals surface area contributed by atoms with Crippen molar-refractivity contribution in [1.82, 2.24) is 0 Å². The van der Waals surface area contributed by atoms with Gasteiger partial charge in [0.15, 0.2) is 6.61 Å². The minimum atomic E-state index is -0.796. The van der Waals surface area contributed by atoms with Crippen LogP contribution in [0.25, 0.3) is 0 Å². The third-order valence-electron chi connectivity index (χ3n) is 3.61. The molecule has 0 atom stereocenters. The summed E-state index contributed by atoms with van der Waals surface area (Å²) in [5.74, 6) is -1.84. The Balaban J connectivity index is 1.53. The maximum absolute atomic E-state index is 13.5. The van der Waals surface area contributed by atoms with Gasteiger partial charge in [0, 0.05) is 6.07 Å². The molecule has 1 N–H and O–H groups in total. The van der Waals surface area contributed by atoms with E-state index in [9.17, 15) is 18.4 Å². The van der Waals surface area contributed by atoms with E-state index in [2.05, 4.69) is 5.32 Å². The van der Waals surface area contributed by atoms with E-state index in [0.717, 1.165) is 18.2 Å². The molecular weight excluding hydrogens is 368 g/mol. The lowest BCUT2D eigenvalue weighted by molar-refractivity contribution is -0.119. The molecule has 0 saturated carbocycles. The van der Waals surface area contributed by atoms with Gasteiger partial charge in [0.1, 0.15) is 23.1 Å². The summed E-state index contributed by atoms with van der Waals surface area (Å²) in [6.45, 7) is -0.642. The Morgan fingerprint density at radius 1 is 0.857 bits per heavy atom. The first-order valence-corrected chi connectivity index (χ1v) is 8.26. The van der Waals surface area contributed by atoms with Crippen molar-refractivity contribution in [3.8, 4) is 11.5 Å². The summed E-state index contributed by atoms with van der Waals surface area (Å²) >= 11 is 0. The van der Waals surface area contributed by atoms with E-state index in [1.54, 1.807) is 24.3 Å². The number of esters is 1. The maximum atomic E-state index is 13.5. The predicted octanol–water partition coefficient (Wildman–Crippen LogP) is 4.55. The molecule has 0 aliphatic carbocycles. The summed E-state index contributed by atoms with van der Waals surface area (Å²) in [5, 5.41) is 2.14. The van der Waals surface area contributed by atoms with Gasteiger partial charge in [-0.2, -0.15) is 0 Å². The van der Waals surface area contributed by atoms with E-state index in [-0.39, 0.29) is 11.3 Å². The molecule has 3 rings (SSSR count). The zero-order valence-electron chi connectivity index (χ0n) is 14.5. The second-order valence-electron chi connectivity index (χ2n) is 5.69. The Hall–Kier alpha value is -3.74. The van der Waals surface area contributed by atoms with Crippen LogP contribution in [0.4, 0.5) is 14.5 Å². The smallest absolute Gasteiger partial charge is 0.338 e. The van der Waals surface area contributed by atoms with E-state index in [1.807, 2.05) is 18.2 Å². The van der Waals surface area contributed by atoms with Crippen LogP contribution in [-0.2, 0) is 9.53 Å². The monoisotopic (exact) mass is 383 g/mol. The zero-order valence-corrected chi connectivity index (χ0v) is 14.5. The van der Waals surface area contributed by atoms with Crippen LogP contribution in [-0.4, -0.2) is 18.5 Å². The Kier molecular flexibility index (Phi) is 5.96. The molecule has 0 saturated heterocycles.